The number of imidazole rings is 2. The van der Waals surface area contributed by atoms with Crippen molar-refractivity contribution in [2.75, 3.05) is 6.61 Å². The van der Waals surface area contributed by atoms with Gasteiger partial charge in [0.1, 0.15) is 11.4 Å². The Bertz CT molecular complexity index is 2280. The van der Waals surface area contributed by atoms with Crippen molar-refractivity contribution in [1.29, 1.82) is 0 Å². The summed E-state index contributed by atoms with van der Waals surface area (Å²) >= 11 is 0. The smallest absolute Gasteiger partial charge is 0.264 e. The largest absolute Gasteiger partial charge is 0.493 e. The van der Waals surface area contributed by atoms with Crippen LogP contribution in [0.25, 0.3) is 65.7 Å². The van der Waals surface area contributed by atoms with Crippen molar-refractivity contribution in [3.05, 3.63) is 87.4 Å². The highest BCUT2D eigenvalue weighted by atomic mass is 16.5. The van der Waals surface area contributed by atoms with Crippen LogP contribution in [-0.2, 0) is 0 Å². The molecule has 0 aliphatic rings. The molecule has 8 rings (SSSR count). The minimum absolute atomic E-state index is 0.168. The van der Waals surface area contributed by atoms with Crippen LogP contribution in [0.5, 0.6) is 5.75 Å². The fourth-order valence-electron chi connectivity index (χ4n) is 5.62. The van der Waals surface area contributed by atoms with Gasteiger partial charge in [0.2, 0.25) is 0 Å². The van der Waals surface area contributed by atoms with Gasteiger partial charge in [0.25, 0.3) is 11.1 Å². The van der Waals surface area contributed by atoms with Gasteiger partial charge in [0.15, 0.2) is 5.65 Å². The summed E-state index contributed by atoms with van der Waals surface area (Å²) in [6, 6.07) is 20.7. The Morgan fingerprint density at radius 3 is 2.00 bits per heavy atom. The maximum Gasteiger partial charge on any atom is 0.264 e. The number of aromatic nitrogens is 4. The molecule has 0 saturated heterocycles. The number of benzene rings is 4. The molecule has 7 heteroatoms. The molecule has 4 aromatic carbocycles. The Labute approximate surface area is 196 Å². The van der Waals surface area contributed by atoms with Crippen molar-refractivity contribution in [3.8, 4) is 5.75 Å². The number of rotatable bonds is 2. The summed E-state index contributed by atoms with van der Waals surface area (Å²) in [5, 5.41) is 3.99. The number of para-hydroxylation sites is 4. The molecule has 0 bridgehead atoms. The summed E-state index contributed by atoms with van der Waals surface area (Å²) in [6.45, 7) is 2.31. The Morgan fingerprint density at radius 2 is 1.29 bits per heavy atom. The molecule has 0 atom stereocenters. The van der Waals surface area contributed by atoms with Crippen LogP contribution in [0.15, 0.2) is 76.3 Å². The van der Waals surface area contributed by atoms with Gasteiger partial charge in [-0.05, 0) is 49.4 Å². The minimum atomic E-state index is -0.183. The summed E-state index contributed by atoms with van der Waals surface area (Å²) in [6.07, 6.45) is 0. The monoisotopic (exact) mass is 456 g/mol. The maximum atomic E-state index is 13.9. The van der Waals surface area contributed by atoms with Gasteiger partial charge < -0.3 is 4.74 Å². The van der Waals surface area contributed by atoms with Gasteiger partial charge >= 0.3 is 0 Å². The van der Waals surface area contributed by atoms with Crippen molar-refractivity contribution >= 4 is 65.7 Å². The molecule has 0 unspecified atom stereocenters. The summed E-state index contributed by atoms with van der Waals surface area (Å²) in [5.74, 6) is 0.540. The van der Waals surface area contributed by atoms with Crippen LogP contribution in [0.1, 0.15) is 6.92 Å². The highest BCUT2D eigenvalue weighted by molar-refractivity contribution is 6.29. The average Bonchev–Trinajstić information content (AvgIpc) is 3.46. The fraction of sp³-hybridized carbons (Fsp3) is 0.0714. The van der Waals surface area contributed by atoms with Gasteiger partial charge in [0.05, 0.1) is 39.4 Å². The molecule has 0 aliphatic heterocycles. The predicted molar refractivity (Wildman–Crippen MR) is 138 cm³/mol. The van der Waals surface area contributed by atoms with Gasteiger partial charge in [-0.15, -0.1) is 0 Å². The molecule has 35 heavy (non-hydrogen) atoms. The van der Waals surface area contributed by atoms with Gasteiger partial charge in [-0.1, -0.05) is 24.3 Å². The van der Waals surface area contributed by atoms with Gasteiger partial charge in [0, 0.05) is 21.5 Å². The molecular formula is C28H16N4O3. The SMILES string of the molecule is CCOc1cc2c(=O)n3c4ccccc4nc3c3ccc4c(=O)n5c6ccccc6nc5c1c4c23. The highest BCUT2D eigenvalue weighted by Crippen LogP contribution is 2.41. The first-order chi connectivity index (χ1) is 17.2. The van der Waals surface area contributed by atoms with E-state index in [0.29, 0.717) is 39.8 Å². The van der Waals surface area contributed by atoms with E-state index in [4.69, 9.17) is 14.7 Å². The fourth-order valence-corrected chi connectivity index (χ4v) is 5.62. The molecular weight excluding hydrogens is 440 g/mol. The second-order valence-corrected chi connectivity index (χ2v) is 8.77. The van der Waals surface area contributed by atoms with Crippen LogP contribution < -0.4 is 15.9 Å². The van der Waals surface area contributed by atoms with Crippen molar-refractivity contribution in [3.63, 3.8) is 0 Å². The van der Waals surface area contributed by atoms with E-state index < -0.39 is 0 Å². The zero-order chi connectivity index (χ0) is 23.4. The number of pyridine rings is 2. The number of hydrogen-bond donors (Lipinski definition) is 0. The van der Waals surface area contributed by atoms with E-state index in [-0.39, 0.29) is 11.1 Å². The third-order valence-electron chi connectivity index (χ3n) is 7.00. The molecule has 4 aromatic heterocycles. The topological polar surface area (TPSA) is 78.0 Å². The first kappa shape index (κ1) is 18.6. The lowest BCUT2D eigenvalue weighted by molar-refractivity contribution is 0.345. The Kier molecular flexibility index (Phi) is 3.30. The lowest BCUT2D eigenvalue weighted by Gasteiger charge is -2.15. The van der Waals surface area contributed by atoms with Crippen molar-refractivity contribution in [2.24, 2.45) is 0 Å². The number of fused-ring (bicyclic) bond motifs is 8. The molecule has 0 spiro atoms. The zero-order valence-electron chi connectivity index (χ0n) is 18.6. The molecule has 4 heterocycles. The van der Waals surface area contributed by atoms with E-state index in [1.54, 1.807) is 14.9 Å². The van der Waals surface area contributed by atoms with Gasteiger partial charge in [-0.2, -0.15) is 0 Å². The summed E-state index contributed by atoms with van der Waals surface area (Å²) in [5.41, 5.74) is 3.73. The molecule has 0 saturated carbocycles. The van der Waals surface area contributed by atoms with E-state index in [9.17, 15) is 9.59 Å². The first-order valence-electron chi connectivity index (χ1n) is 11.5. The quantitative estimate of drug-likeness (QED) is 0.351. The number of hydrogen-bond acceptors (Lipinski definition) is 5. The first-order valence-corrected chi connectivity index (χ1v) is 11.5. The molecule has 0 N–H and O–H groups in total. The predicted octanol–water partition coefficient (Wildman–Crippen LogP) is 4.74. The third kappa shape index (κ3) is 2.11. The van der Waals surface area contributed by atoms with Crippen LogP contribution >= 0.6 is 0 Å². The highest BCUT2D eigenvalue weighted by Gasteiger charge is 2.25. The van der Waals surface area contributed by atoms with Crippen molar-refractivity contribution < 1.29 is 4.74 Å². The van der Waals surface area contributed by atoms with Crippen LogP contribution in [-0.4, -0.2) is 25.4 Å². The van der Waals surface area contributed by atoms with Crippen molar-refractivity contribution in [1.82, 2.24) is 18.8 Å². The van der Waals surface area contributed by atoms with E-state index in [1.165, 1.54) is 0 Å². The van der Waals surface area contributed by atoms with E-state index in [0.717, 1.165) is 38.2 Å². The van der Waals surface area contributed by atoms with E-state index >= 15 is 0 Å². The Morgan fingerprint density at radius 1 is 0.686 bits per heavy atom. The molecule has 0 radical (unpaired) electrons. The van der Waals surface area contributed by atoms with Crippen molar-refractivity contribution in [2.45, 2.75) is 6.92 Å². The average molecular weight is 456 g/mol. The lowest BCUT2D eigenvalue weighted by Crippen LogP contribution is -2.17. The standard InChI is InChI=1S/C28H16N4O3/c1-2-35-21-13-16-22-14(25-29-17-7-3-5-9-19(17)31(25)28(16)34)11-12-15-23(22)24(21)26-30-18-8-4-6-10-20(18)32(26)27(15)33/h3-13H,2H2,1H3. The second-order valence-electron chi connectivity index (χ2n) is 8.77. The van der Waals surface area contributed by atoms with Crippen LogP contribution in [0.4, 0.5) is 0 Å². The molecule has 0 amide bonds. The summed E-state index contributed by atoms with van der Waals surface area (Å²) in [7, 11) is 0. The molecule has 7 nitrogen and oxygen atoms in total. The van der Waals surface area contributed by atoms with Gasteiger partial charge in [-0.25, -0.2) is 9.97 Å². The normalized spacial score (nSPS) is 12.5. The molecule has 166 valence electrons. The summed E-state index contributed by atoms with van der Waals surface area (Å²) in [4.78, 5) is 37.3. The number of ether oxygens (including phenoxy) is 1. The Balaban J connectivity index is 1.75. The second kappa shape index (κ2) is 6.21. The van der Waals surface area contributed by atoms with Gasteiger partial charge in [-0.3, -0.25) is 18.4 Å². The summed E-state index contributed by atoms with van der Waals surface area (Å²) < 4.78 is 9.39. The minimum Gasteiger partial charge on any atom is -0.493 e. The van der Waals surface area contributed by atoms with E-state index in [2.05, 4.69) is 0 Å². The third-order valence-corrected chi connectivity index (χ3v) is 7.00. The maximum absolute atomic E-state index is 13.9. The van der Waals surface area contributed by atoms with Crippen LogP contribution in [0.3, 0.4) is 0 Å². The molecule has 8 aromatic rings. The number of nitrogens with zero attached hydrogens (tertiary/aromatic N) is 4. The lowest BCUT2D eigenvalue weighted by atomic mass is 9.95. The van der Waals surface area contributed by atoms with E-state index in [1.807, 2.05) is 67.6 Å². The van der Waals surface area contributed by atoms with Crippen LogP contribution in [0.2, 0.25) is 0 Å². The molecule has 0 fully saturated rings. The molecule has 0 aliphatic carbocycles. The Hall–Kier alpha value is -4.78. The zero-order valence-corrected chi connectivity index (χ0v) is 18.6. The van der Waals surface area contributed by atoms with Crippen LogP contribution in [0, 0.1) is 0 Å².